The maximum atomic E-state index is 3.66. The summed E-state index contributed by atoms with van der Waals surface area (Å²) in [6.07, 6.45) is 9.56. The number of hydrogen-bond donors (Lipinski definition) is 0. The lowest BCUT2D eigenvalue weighted by atomic mass is 9.96. The Morgan fingerprint density at radius 1 is 1.00 bits per heavy atom. The molecule has 0 radical (unpaired) electrons. The van der Waals surface area contributed by atoms with Gasteiger partial charge in [-0.2, -0.15) is 0 Å². The van der Waals surface area contributed by atoms with E-state index in [4.69, 9.17) is 0 Å². The van der Waals surface area contributed by atoms with Gasteiger partial charge in [0.25, 0.3) is 0 Å². The maximum absolute atomic E-state index is 3.66. The first kappa shape index (κ1) is 16.9. The molecule has 22 heavy (non-hydrogen) atoms. The molecule has 0 spiro atoms. The summed E-state index contributed by atoms with van der Waals surface area (Å²) in [5, 5.41) is 3.34. The van der Waals surface area contributed by atoms with E-state index in [-0.39, 0.29) is 0 Å². The Morgan fingerprint density at radius 3 is 2.68 bits per heavy atom. The van der Waals surface area contributed by atoms with Crippen LogP contribution in [0.5, 0.6) is 0 Å². The Balaban J connectivity index is 1.71. The number of alkyl halides is 1. The molecule has 0 aliphatic carbocycles. The molecule has 3 aromatic heterocycles. The van der Waals surface area contributed by atoms with Gasteiger partial charge in [-0.15, -0.1) is 34.0 Å². The summed E-state index contributed by atoms with van der Waals surface area (Å²) in [5.74, 6) is 0.751. The molecule has 4 heteroatoms. The van der Waals surface area contributed by atoms with Gasteiger partial charge in [0.1, 0.15) is 0 Å². The van der Waals surface area contributed by atoms with Gasteiger partial charge in [-0.25, -0.2) is 0 Å². The minimum Gasteiger partial charge on any atom is -0.141 e. The molecule has 1 atom stereocenters. The molecule has 0 saturated carbocycles. The summed E-state index contributed by atoms with van der Waals surface area (Å²) in [5.41, 5.74) is 0. The molecule has 0 bridgehead atoms. The first-order valence-electron chi connectivity index (χ1n) is 8.29. The van der Waals surface area contributed by atoms with E-state index in [1.165, 1.54) is 63.7 Å². The third-order valence-electron chi connectivity index (χ3n) is 4.29. The van der Waals surface area contributed by atoms with Crippen LogP contribution in [0.4, 0.5) is 0 Å². The van der Waals surface area contributed by atoms with Crippen molar-refractivity contribution in [3.05, 3.63) is 22.4 Å². The smallest absolute Gasteiger partial charge is 0.0632 e. The molecule has 0 aromatic carbocycles. The largest absolute Gasteiger partial charge is 0.141 e. The molecule has 0 aliphatic rings. The number of hydrogen-bond acceptors (Lipinski definition) is 3. The Morgan fingerprint density at radius 2 is 1.86 bits per heavy atom. The maximum Gasteiger partial charge on any atom is 0.0632 e. The van der Waals surface area contributed by atoms with E-state index in [0.717, 1.165) is 11.2 Å². The van der Waals surface area contributed by atoms with Gasteiger partial charge in [-0.3, -0.25) is 0 Å². The summed E-state index contributed by atoms with van der Waals surface area (Å²) < 4.78 is 6.02. The Kier molecular flexibility index (Phi) is 6.37. The highest BCUT2D eigenvalue weighted by atomic mass is 79.9. The molecule has 0 N–H and O–H groups in total. The van der Waals surface area contributed by atoms with Gasteiger partial charge in [-0.1, -0.05) is 55.0 Å². The highest BCUT2D eigenvalue weighted by molar-refractivity contribution is 9.09. The van der Waals surface area contributed by atoms with Crippen molar-refractivity contribution in [3.63, 3.8) is 0 Å². The van der Waals surface area contributed by atoms with Crippen LogP contribution in [0, 0.1) is 0 Å². The van der Waals surface area contributed by atoms with Crippen LogP contribution in [0.2, 0.25) is 0 Å². The second kappa shape index (κ2) is 8.27. The fraction of sp³-hybridized carbons (Fsp3) is 0.556. The average molecular weight is 415 g/mol. The lowest BCUT2D eigenvalue weighted by Crippen LogP contribution is -1.97. The Hall–Kier alpha value is 0.1000. The van der Waals surface area contributed by atoms with E-state index in [1.807, 2.05) is 22.7 Å². The van der Waals surface area contributed by atoms with Gasteiger partial charge in [0.2, 0.25) is 0 Å². The molecule has 3 aromatic rings. The van der Waals surface area contributed by atoms with Crippen molar-refractivity contribution in [1.82, 2.24) is 0 Å². The van der Waals surface area contributed by atoms with Crippen LogP contribution >= 0.6 is 49.9 Å². The molecule has 3 rings (SSSR count). The predicted octanol–water partition coefficient (Wildman–Crippen LogP) is 8.41. The molecule has 3 heterocycles. The first-order chi connectivity index (χ1) is 10.8. The molecule has 0 fully saturated rings. The molecule has 0 saturated heterocycles. The van der Waals surface area contributed by atoms with Crippen LogP contribution in [0.25, 0.3) is 18.8 Å². The van der Waals surface area contributed by atoms with Gasteiger partial charge in [0, 0.05) is 19.6 Å². The lowest BCUT2D eigenvalue weighted by Gasteiger charge is -2.13. The Bertz CT molecular complexity index is 706. The van der Waals surface area contributed by atoms with Crippen LogP contribution in [0.15, 0.2) is 17.5 Å². The van der Waals surface area contributed by atoms with Crippen molar-refractivity contribution < 1.29 is 0 Å². The van der Waals surface area contributed by atoms with Crippen molar-refractivity contribution in [2.75, 3.05) is 5.33 Å². The van der Waals surface area contributed by atoms with Crippen molar-refractivity contribution in [2.24, 2.45) is 0 Å². The quantitative estimate of drug-likeness (QED) is 0.243. The zero-order valence-electron chi connectivity index (χ0n) is 13.1. The van der Waals surface area contributed by atoms with Crippen LogP contribution in [0.3, 0.4) is 0 Å². The molecule has 120 valence electrons. The van der Waals surface area contributed by atoms with Gasteiger partial charge < -0.3 is 0 Å². The average Bonchev–Trinajstić information content (AvgIpc) is 3.17. The number of halogens is 1. The van der Waals surface area contributed by atoms with Gasteiger partial charge >= 0.3 is 0 Å². The number of unbranched alkanes of at least 4 members (excludes halogenated alkanes) is 4. The van der Waals surface area contributed by atoms with E-state index >= 15 is 0 Å². The monoisotopic (exact) mass is 414 g/mol. The van der Waals surface area contributed by atoms with Crippen LogP contribution in [0.1, 0.15) is 62.7 Å². The molecule has 1 unspecified atom stereocenters. The summed E-state index contributed by atoms with van der Waals surface area (Å²) in [7, 11) is 0. The standard InChI is InChI=1S/C18H23BrS3/c1-2-3-4-5-6-7-13(8-10-19)15-12-16-18(22-15)17-14(21-16)9-11-20-17/h9,11-13H,2-8,10H2,1H3. The van der Waals surface area contributed by atoms with Gasteiger partial charge in [0.15, 0.2) is 0 Å². The summed E-state index contributed by atoms with van der Waals surface area (Å²) in [4.78, 5) is 1.62. The normalized spacial score (nSPS) is 13.4. The second-order valence-electron chi connectivity index (χ2n) is 5.94. The minimum absolute atomic E-state index is 0.751. The van der Waals surface area contributed by atoms with Crippen molar-refractivity contribution in [2.45, 2.75) is 57.8 Å². The first-order valence-corrected chi connectivity index (χ1v) is 11.9. The highest BCUT2D eigenvalue weighted by Crippen LogP contribution is 2.45. The Labute approximate surface area is 153 Å². The third kappa shape index (κ3) is 3.77. The van der Waals surface area contributed by atoms with Gasteiger partial charge in [-0.05, 0) is 36.3 Å². The third-order valence-corrected chi connectivity index (χ3v) is 8.48. The van der Waals surface area contributed by atoms with E-state index < -0.39 is 0 Å². The van der Waals surface area contributed by atoms with Crippen LogP contribution in [-0.4, -0.2) is 5.33 Å². The van der Waals surface area contributed by atoms with E-state index in [2.05, 4.69) is 51.7 Å². The summed E-state index contributed by atoms with van der Waals surface area (Å²) in [6, 6.07) is 4.75. The fourth-order valence-electron chi connectivity index (χ4n) is 3.04. The van der Waals surface area contributed by atoms with Crippen molar-refractivity contribution >= 4 is 68.7 Å². The van der Waals surface area contributed by atoms with E-state index in [9.17, 15) is 0 Å². The topological polar surface area (TPSA) is 0 Å². The molecule has 0 amide bonds. The molecular formula is C18H23BrS3. The molecule has 0 nitrogen and oxygen atoms in total. The van der Waals surface area contributed by atoms with E-state index in [1.54, 1.807) is 4.88 Å². The highest BCUT2D eigenvalue weighted by Gasteiger charge is 2.17. The number of thiophene rings is 3. The SMILES string of the molecule is CCCCCCCC(CCBr)c1cc2sc3ccsc3c2s1. The van der Waals surface area contributed by atoms with E-state index in [0.29, 0.717) is 0 Å². The van der Waals surface area contributed by atoms with Crippen molar-refractivity contribution in [1.29, 1.82) is 0 Å². The second-order valence-corrected chi connectivity index (χ2v) is 9.81. The zero-order valence-corrected chi connectivity index (χ0v) is 17.1. The number of rotatable bonds is 9. The van der Waals surface area contributed by atoms with Gasteiger partial charge in [0.05, 0.1) is 9.40 Å². The fourth-order valence-corrected chi connectivity index (χ4v) is 7.54. The molecular weight excluding hydrogens is 392 g/mol. The van der Waals surface area contributed by atoms with Crippen molar-refractivity contribution in [3.8, 4) is 0 Å². The minimum atomic E-state index is 0.751. The van der Waals surface area contributed by atoms with Crippen LogP contribution in [-0.2, 0) is 0 Å². The predicted molar refractivity (Wildman–Crippen MR) is 110 cm³/mol. The summed E-state index contributed by atoms with van der Waals surface area (Å²) in [6.45, 7) is 2.29. The molecule has 0 aliphatic heterocycles. The van der Waals surface area contributed by atoms with Crippen LogP contribution < -0.4 is 0 Å². The summed E-state index contributed by atoms with van der Waals surface area (Å²) >= 11 is 9.58. The zero-order chi connectivity index (χ0) is 15.4. The number of fused-ring (bicyclic) bond motifs is 3. The lowest BCUT2D eigenvalue weighted by molar-refractivity contribution is 0.543.